The average molecular weight is 276 g/mol. The van der Waals surface area contributed by atoms with Gasteiger partial charge in [0.25, 0.3) is 11.8 Å². The zero-order chi connectivity index (χ0) is 14.8. The van der Waals surface area contributed by atoms with Crippen LogP contribution in [0.4, 0.5) is 5.69 Å². The molecule has 5 nitrogen and oxygen atoms in total. The second-order valence-electron chi connectivity index (χ2n) is 5.40. The fourth-order valence-corrected chi connectivity index (χ4v) is 2.34. The van der Waals surface area contributed by atoms with Crippen molar-refractivity contribution in [2.75, 3.05) is 25.2 Å². The second kappa shape index (κ2) is 5.63. The Balaban J connectivity index is 2.41. The highest BCUT2D eigenvalue weighted by Gasteiger charge is 2.38. The average Bonchev–Trinajstić information content (AvgIpc) is 2.48. The first-order valence-electron chi connectivity index (χ1n) is 6.70. The quantitative estimate of drug-likeness (QED) is 0.849. The third-order valence-electron chi connectivity index (χ3n) is 3.38. The first-order chi connectivity index (χ1) is 9.47. The van der Waals surface area contributed by atoms with Crippen LogP contribution in [-0.4, -0.2) is 37.6 Å². The van der Waals surface area contributed by atoms with Crippen molar-refractivity contribution in [1.29, 1.82) is 0 Å². The summed E-state index contributed by atoms with van der Waals surface area (Å²) in [5.74, 6) is -0.319. The largest absolute Gasteiger partial charge is 0.385 e. The van der Waals surface area contributed by atoms with Gasteiger partial charge in [0.05, 0.1) is 11.3 Å². The molecule has 0 fully saturated rings. The number of amides is 2. The summed E-state index contributed by atoms with van der Waals surface area (Å²) in [6.45, 7) is 4.56. The third kappa shape index (κ3) is 2.67. The normalized spacial score (nSPS) is 17.4. The molecule has 1 aliphatic rings. The van der Waals surface area contributed by atoms with E-state index in [0.717, 1.165) is 6.42 Å². The molecule has 1 aliphatic heterocycles. The topological polar surface area (TPSA) is 58.6 Å². The van der Waals surface area contributed by atoms with Gasteiger partial charge in [0.1, 0.15) is 5.54 Å². The summed E-state index contributed by atoms with van der Waals surface area (Å²) < 4.78 is 5.04. The van der Waals surface area contributed by atoms with Crippen LogP contribution in [0.25, 0.3) is 0 Å². The molecule has 1 N–H and O–H groups in total. The predicted molar refractivity (Wildman–Crippen MR) is 76.8 cm³/mol. The number of hydrogen-bond donors (Lipinski definition) is 1. The Morgan fingerprint density at radius 2 is 1.95 bits per heavy atom. The summed E-state index contributed by atoms with van der Waals surface area (Å²) in [6.07, 6.45) is 0.723. The van der Waals surface area contributed by atoms with E-state index in [1.807, 2.05) is 6.07 Å². The van der Waals surface area contributed by atoms with Gasteiger partial charge in [-0.25, -0.2) is 0 Å². The summed E-state index contributed by atoms with van der Waals surface area (Å²) in [7, 11) is 1.63. The van der Waals surface area contributed by atoms with Crippen LogP contribution in [0.5, 0.6) is 0 Å². The monoisotopic (exact) mass is 276 g/mol. The first-order valence-corrected chi connectivity index (χ1v) is 6.70. The van der Waals surface area contributed by atoms with Crippen LogP contribution in [0.1, 0.15) is 30.6 Å². The molecule has 20 heavy (non-hydrogen) atoms. The Kier molecular flexibility index (Phi) is 4.09. The summed E-state index contributed by atoms with van der Waals surface area (Å²) in [4.78, 5) is 26.5. The number of carbonyl (C=O) groups excluding carboxylic acids is 2. The van der Waals surface area contributed by atoms with Gasteiger partial charge in [0, 0.05) is 20.3 Å². The van der Waals surface area contributed by atoms with E-state index in [1.54, 1.807) is 44.1 Å². The first kappa shape index (κ1) is 14.5. The van der Waals surface area contributed by atoms with E-state index >= 15 is 0 Å². The smallest absolute Gasteiger partial charge is 0.254 e. The van der Waals surface area contributed by atoms with Crippen molar-refractivity contribution < 1.29 is 14.3 Å². The Bertz CT molecular complexity index is 526. The number of benzene rings is 1. The van der Waals surface area contributed by atoms with Gasteiger partial charge in [0.15, 0.2) is 0 Å². The lowest BCUT2D eigenvalue weighted by Gasteiger charge is -2.29. The fraction of sp³-hybridized carbons (Fsp3) is 0.467. The molecule has 0 aliphatic carbocycles. The van der Waals surface area contributed by atoms with Crippen LogP contribution in [0.3, 0.4) is 0 Å². The Labute approximate surface area is 118 Å². The Hall–Kier alpha value is -1.88. The maximum absolute atomic E-state index is 12.6. The zero-order valence-electron chi connectivity index (χ0n) is 12.1. The number of methoxy groups -OCH3 is 1. The van der Waals surface area contributed by atoms with Crippen molar-refractivity contribution in [3.8, 4) is 0 Å². The molecular weight excluding hydrogens is 256 g/mol. The van der Waals surface area contributed by atoms with Crippen molar-refractivity contribution in [3.05, 3.63) is 29.8 Å². The number of rotatable bonds is 4. The van der Waals surface area contributed by atoms with Gasteiger partial charge in [0.2, 0.25) is 0 Å². The van der Waals surface area contributed by atoms with Crippen LogP contribution in [-0.2, 0) is 9.53 Å². The summed E-state index contributed by atoms with van der Waals surface area (Å²) in [5, 5.41) is 2.78. The second-order valence-corrected chi connectivity index (χ2v) is 5.40. The number of carbonyl (C=O) groups is 2. The number of hydrogen-bond acceptors (Lipinski definition) is 3. The maximum Gasteiger partial charge on any atom is 0.254 e. The van der Waals surface area contributed by atoms with Gasteiger partial charge >= 0.3 is 0 Å². The van der Waals surface area contributed by atoms with Crippen molar-refractivity contribution in [3.63, 3.8) is 0 Å². The van der Waals surface area contributed by atoms with Crippen molar-refractivity contribution in [1.82, 2.24) is 5.32 Å². The molecule has 0 aromatic heterocycles. The molecule has 0 unspecified atom stereocenters. The summed E-state index contributed by atoms with van der Waals surface area (Å²) >= 11 is 0. The number of para-hydroxylation sites is 1. The van der Waals surface area contributed by atoms with Gasteiger partial charge in [-0.15, -0.1) is 0 Å². The Morgan fingerprint density at radius 1 is 1.25 bits per heavy atom. The molecule has 5 heteroatoms. The van der Waals surface area contributed by atoms with Crippen molar-refractivity contribution in [2.45, 2.75) is 25.8 Å². The van der Waals surface area contributed by atoms with Crippen LogP contribution in [0.15, 0.2) is 24.3 Å². The number of fused-ring (bicyclic) bond motifs is 1. The number of ether oxygens (including phenoxy) is 1. The highest BCUT2D eigenvalue weighted by atomic mass is 16.5. The van der Waals surface area contributed by atoms with Gasteiger partial charge in [-0.1, -0.05) is 12.1 Å². The van der Waals surface area contributed by atoms with E-state index in [-0.39, 0.29) is 11.8 Å². The minimum absolute atomic E-state index is 0.105. The molecule has 1 aromatic rings. The number of nitrogens with zero attached hydrogens (tertiary/aromatic N) is 1. The Morgan fingerprint density at radius 3 is 2.65 bits per heavy atom. The van der Waals surface area contributed by atoms with Crippen molar-refractivity contribution in [2.24, 2.45) is 0 Å². The lowest BCUT2D eigenvalue weighted by molar-refractivity contribution is -0.123. The number of anilines is 1. The maximum atomic E-state index is 12.6. The molecule has 1 heterocycles. The molecule has 1 aromatic carbocycles. The molecule has 0 radical (unpaired) electrons. The lowest BCUT2D eigenvalue weighted by Crippen LogP contribution is -2.54. The molecule has 0 bridgehead atoms. The van der Waals surface area contributed by atoms with E-state index in [0.29, 0.717) is 24.4 Å². The van der Waals surface area contributed by atoms with Crippen LogP contribution < -0.4 is 10.2 Å². The van der Waals surface area contributed by atoms with E-state index in [4.69, 9.17) is 4.74 Å². The van der Waals surface area contributed by atoms with E-state index in [2.05, 4.69) is 5.32 Å². The fourth-order valence-electron chi connectivity index (χ4n) is 2.34. The minimum Gasteiger partial charge on any atom is -0.385 e. The third-order valence-corrected chi connectivity index (χ3v) is 3.38. The summed E-state index contributed by atoms with van der Waals surface area (Å²) in [5.41, 5.74) is 0.281. The molecular formula is C15H20N2O3. The van der Waals surface area contributed by atoms with Crippen LogP contribution in [0, 0.1) is 0 Å². The van der Waals surface area contributed by atoms with E-state index < -0.39 is 5.54 Å². The highest BCUT2D eigenvalue weighted by Crippen LogP contribution is 2.27. The zero-order valence-corrected chi connectivity index (χ0v) is 12.1. The standard InChI is InChI=1S/C15H20N2O3/c1-15(2)14(19)17(9-6-10-20-3)12-8-5-4-7-11(12)13(18)16-15/h4-5,7-8H,6,9-10H2,1-3H3,(H,16,18). The van der Waals surface area contributed by atoms with Gasteiger partial charge in [-0.2, -0.15) is 0 Å². The van der Waals surface area contributed by atoms with Crippen LogP contribution in [0.2, 0.25) is 0 Å². The molecule has 0 spiro atoms. The van der Waals surface area contributed by atoms with Crippen molar-refractivity contribution >= 4 is 17.5 Å². The van der Waals surface area contributed by atoms with Gasteiger partial charge in [-0.05, 0) is 32.4 Å². The van der Waals surface area contributed by atoms with Gasteiger partial charge < -0.3 is 15.0 Å². The van der Waals surface area contributed by atoms with E-state index in [1.165, 1.54) is 0 Å². The number of nitrogens with one attached hydrogen (secondary N) is 1. The minimum atomic E-state index is -0.914. The van der Waals surface area contributed by atoms with E-state index in [9.17, 15) is 9.59 Å². The molecule has 0 atom stereocenters. The molecule has 108 valence electrons. The van der Waals surface area contributed by atoms with Gasteiger partial charge in [-0.3, -0.25) is 9.59 Å². The van der Waals surface area contributed by atoms with Crippen LogP contribution >= 0.6 is 0 Å². The molecule has 2 amide bonds. The lowest BCUT2D eigenvalue weighted by atomic mass is 10.0. The summed E-state index contributed by atoms with van der Waals surface area (Å²) in [6, 6.07) is 7.18. The predicted octanol–water partition coefficient (Wildman–Crippen LogP) is 1.58. The molecule has 0 saturated heterocycles. The SMILES string of the molecule is COCCCN1C(=O)C(C)(C)NC(=O)c2ccccc21. The molecule has 0 saturated carbocycles. The highest BCUT2D eigenvalue weighted by molar-refractivity contribution is 6.12. The molecule has 2 rings (SSSR count).